The molecule has 2 rings (SSSR count). The molecule has 1 aliphatic heterocycles. The molecule has 0 unspecified atom stereocenters. The molecule has 0 aromatic heterocycles. The summed E-state index contributed by atoms with van der Waals surface area (Å²) in [7, 11) is 2.88. The molecule has 1 aliphatic rings. The van der Waals surface area contributed by atoms with Gasteiger partial charge in [-0.2, -0.15) is 11.8 Å². The summed E-state index contributed by atoms with van der Waals surface area (Å²) in [6.45, 7) is 0. The average Bonchev–Trinajstić information content (AvgIpc) is 2.59. The van der Waals surface area contributed by atoms with Gasteiger partial charge in [-0.15, -0.1) is 0 Å². The molecule has 0 radical (unpaired) electrons. The highest BCUT2D eigenvalue weighted by Crippen LogP contribution is 2.24. The molecule has 124 valence electrons. The predicted octanol–water partition coefficient (Wildman–Crippen LogP) is 2.35. The quantitative estimate of drug-likeness (QED) is 0.475. The Balaban J connectivity index is 2.32. The SMILES string of the molecule is COC(=O)c1cc(C(=O)N(C)C2CCSCC2)cc([N+](=O)[O-])c1. The Labute approximate surface area is 138 Å². The fraction of sp³-hybridized carbons (Fsp3) is 0.467. The number of rotatable bonds is 4. The van der Waals surface area contributed by atoms with Crippen molar-refractivity contribution in [2.45, 2.75) is 18.9 Å². The maximum atomic E-state index is 12.6. The number of benzene rings is 1. The van der Waals surface area contributed by atoms with Crippen molar-refractivity contribution in [1.82, 2.24) is 4.90 Å². The van der Waals surface area contributed by atoms with Crippen LogP contribution in [0.2, 0.25) is 0 Å². The van der Waals surface area contributed by atoms with Crippen molar-refractivity contribution in [3.05, 3.63) is 39.4 Å². The first-order chi connectivity index (χ1) is 10.9. The van der Waals surface area contributed by atoms with Crippen LogP contribution in [0, 0.1) is 10.1 Å². The van der Waals surface area contributed by atoms with Gasteiger partial charge in [0.1, 0.15) is 0 Å². The van der Waals surface area contributed by atoms with Crippen LogP contribution in [0.1, 0.15) is 33.6 Å². The largest absolute Gasteiger partial charge is 0.465 e. The number of nitro benzene ring substituents is 1. The van der Waals surface area contributed by atoms with E-state index < -0.39 is 10.9 Å². The summed E-state index contributed by atoms with van der Waals surface area (Å²) in [5, 5.41) is 11.0. The number of methoxy groups -OCH3 is 1. The molecule has 1 amide bonds. The van der Waals surface area contributed by atoms with Crippen LogP contribution >= 0.6 is 11.8 Å². The summed E-state index contributed by atoms with van der Waals surface area (Å²) < 4.78 is 4.59. The van der Waals surface area contributed by atoms with Crippen LogP contribution in [0.4, 0.5) is 5.69 Å². The van der Waals surface area contributed by atoms with Crippen molar-refractivity contribution in [3.8, 4) is 0 Å². The third-order valence-corrected chi connectivity index (χ3v) is 4.90. The number of thioether (sulfide) groups is 1. The molecule has 0 spiro atoms. The highest BCUT2D eigenvalue weighted by molar-refractivity contribution is 7.99. The molecule has 1 fully saturated rings. The predicted molar refractivity (Wildman–Crippen MR) is 86.9 cm³/mol. The molecule has 1 aromatic carbocycles. The normalized spacial score (nSPS) is 15.0. The highest BCUT2D eigenvalue weighted by atomic mass is 32.2. The van der Waals surface area contributed by atoms with E-state index in [2.05, 4.69) is 4.74 Å². The lowest BCUT2D eigenvalue weighted by molar-refractivity contribution is -0.384. The van der Waals surface area contributed by atoms with Crippen molar-refractivity contribution in [3.63, 3.8) is 0 Å². The Morgan fingerprint density at radius 2 is 1.87 bits per heavy atom. The molecular formula is C15H18N2O5S. The maximum absolute atomic E-state index is 12.6. The molecule has 1 heterocycles. The zero-order valence-corrected chi connectivity index (χ0v) is 13.8. The topological polar surface area (TPSA) is 89.8 Å². The van der Waals surface area contributed by atoms with Crippen molar-refractivity contribution >= 4 is 29.3 Å². The Hall–Kier alpha value is -2.09. The van der Waals surface area contributed by atoms with E-state index in [4.69, 9.17) is 0 Å². The van der Waals surface area contributed by atoms with Crippen molar-refractivity contribution in [1.29, 1.82) is 0 Å². The molecular weight excluding hydrogens is 320 g/mol. The summed E-state index contributed by atoms with van der Waals surface area (Å²) in [6.07, 6.45) is 1.79. The molecule has 0 atom stereocenters. The van der Waals surface area contributed by atoms with E-state index in [1.807, 2.05) is 11.8 Å². The van der Waals surface area contributed by atoms with E-state index >= 15 is 0 Å². The summed E-state index contributed by atoms with van der Waals surface area (Å²) in [6, 6.07) is 3.77. The second-order valence-corrected chi connectivity index (χ2v) is 6.50. The number of ether oxygens (including phenoxy) is 1. The fourth-order valence-corrected chi connectivity index (χ4v) is 3.60. The number of hydrogen-bond donors (Lipinski definition) is 0. The van der Waals surface area contributed by atoms with Gasteiger partial charge >= 0.3 is 5.97 Å². The Morgan fingerprint density at radius 3 is 2.43 bits per heavy atom. The van der Waals surface area contributed by atoms with Crippen molar-refractivity contribution < 1.29 is 19.2 Å². The second kappa shape index (κ2) is 7.45. The van der Waals surface area contributed by atoms with Gasteiger partial charge < -0.3 is 9.64 Å². The first-order valence-electron chi connectivity index (χ1n) is 7.16. The van der Waals surface area contributed by atoms with Gasteiger partial charge in [-0.25, -0.2) is 4.79 Å². The first-order valence-corrected chi connectivity index (χ1v) is 8.32. The van der Waals surface area contributed by atoms with Crippen LogP contribution in [0.5, 0.6) is 0 Å². The summed E-state index contributed by atoms with van der Waals surface area (Å²) in [5.74, 6) is 0.949. The van der Waals surface area contributed by atoms with Gasteiger partial charge in [0.2, 0.25) is 0 Å². The zero-order chi connectivity index (χ0) is 17.0. The lowest BCUT2D eigenvalue weighted by Crippen LogP contribution is -2.39. The molecule has 8 heteroatoms. The van der Waals surface area contributed by atoms with Crippen molar-refractivity contribution in [2.24, 2.45) is 0 Å². The molecule has 7 nitrogen and oxygen atoms in total. The molecule has 23 heavy (non-hydrogen) atoms. The summed E-state index contributed by atoms with van der Waals surface area (Å²) in [4.78, 5) is 36.3. The molecule has 0 N–H and O–H groups in total. The number of nitro groups is 1. The third kappa shape index (κ3) is 4.01. The Bertz CT molecular complexity index is 628. The number of non-ortho nitro benzene ring substituents is 1. The van der Waals surface area contributed by atoms with E-state index in [1.54, 1.807) is 11.9 Å². The van der Waals surface area contributed by atoms with E-state index in [0.29, 0.717) is 0 Å². The number of amides is 1. The van der Waals surface area contributed by atoms with E-state index in [0.717, 1.165) is 30.4 Å². The van der Waals surface area contributed by atoms with Gasteiger partial charge in [-0.3, -0.25) is 14.9 Å². The maximum Gasteiger partial charge on any atom is 0.338 e. The van der Waals surface area contributed by atoms with Gasteiger partial charge in [-0.1, -0.05) is 0 Å². The van der Waals surface area contributed by atoms with E-state index in [1.165, 1.54) is 19.2 Å². The monoisotopic (exact) mass is 338 g/mol. The van der Waals surface area contributed by atoms with Gasteiger partial charge in [-0.05, 0) is 30.4 Å². The van der Waals surface area contributed by atoms with Gasteiger partial charge in [0.15, 0.2) is 0 Å². The van der Waals surface area contributed by atoms with E-state index in [9.17, 15) is 19.7 Å². The molecule has 1 aromatic rings. The smallest absolute Gasteiger partial charge is 0.338 e. The first kappa shape index (κ1) is 17.3. The van der Waals surface area contributed by atoms with Crippen molar-refractivity contribution in [2.75, 3.05) is 25.7 Å². The molecule has 1 saturated heterocycles. The zero-order valence-electron chi connectivity index (χ0n) is 13.0. The van der Waals surface area contributed by atoms with Gasteiger partial charge in [0, 0.05) is 30.8 Å². The number of nitrogens with zero attached hydrogens (tertiary/aromatic N) is 2. The standard InChI is InChI=1S/C15H18N2O5S/c1-16(12-3-5-23-6-4-12)14(18)10-7-11(15(19)22-2)9-13(8-10)17(20)21/h7-9,12H,3-6H2,1-2H3. The summed E-state index contributed by atoms with van der Waals surface area (Å²) in [5.41, 5.74) is -0.179. The van der Waals surface area contributed by atoms with Crippen LogP contribution in [-0.4, -0.2) is 53.4 Å². The minimum atomic E-state index is -0.709. The molecule has 0 aliphatic carbocycles. The number of hydrogen-bond acceptors (Lipinski definition) is 6. The second-order valence-electron chi connectivity index (χ2n) is 5.28. The summed E-state index contributed by atoms with van der Waals surface area (Å²) >= 11 is 1.85. The minimum Gasteiger partial charge on any atom is -0.465 e. The number of esters is 1. The number of carbonyl (C=O) groups excluding carboxylic acids is 2. The average molecular weight is 338 g/mol. The van der Waals surface area contributed by atoms with Crippen LogP contribution in [-0.2, 0) is 4.74 Å². The lowest BCUT2D eigenvalue weighted by Gasteiger charge is -2.31. The fourth-order valence-electron chi connectivity index (χ4n) is 2.52. The molecule has 0 saturated carbocycles. The highest BCUT2D eigenvalue weighted by Gasteiger charge is 2.25. The van der Waals surface area contributed by atoms with Gasteiger partial charge in [0.25, 0.3) is 11.6 Å². The van der Waals surface area contributed by atoms with Crippen LogP contribution in [0.25, 0.3) is 0 Å². The Morgan fingerprint density at radius 1 is 1.26 bits per heavy atom. The number of carbonyl (C=O) groups is 2. The van der Waals surface area contributed by atoms with Crippen LogP contribution in [0.15, 0.2) is 18.2 Å². The van der Waals surface area contributed by atoms with Crippen LogP contribution < -0.4 is 0 Å². The van der Waals surface area contributed by atoms with E-state index in [-0.39, 0.29) is 28.8 Å². The Kier molecular flexibility index (Phi) is 5.59. The molecule has 0 bridgehead atoms. The van der Waals surface area contributed by atoms with Crippen LogP contribution in [0.3, 0.4) is 0 Å². The third-order valence-electron chi connectivity index (χ3n) is 3.86. The van der Waals surface area contributed by atoms with Gasteiger partial charge in [0.05, 0.1) is 17.6 Å². The lowest BCUT2D eigenvalue weighted by atomic mass is 10.1. The minimum absolute atomic E-state index is 0.00218.